The highest BCUT2D eigenvalue weighted by molar-refractivity contribution is 7.89. The maximum atomic E-state index is 13.0. The minimum absolute atomic E-state index is 0.0243. The Kier molecular flexibility index (Phi) is 6.80. The molecule has 160 valence electrons. The van der Waals surface area contributed by atoms with Crippen LogP contribution in [0.15, 0.2) is 53.7 Å². The number of ether oxygens (including phenoxy) is 1. The highest BCUT2D eigenvalue weighted by atomic mass is 32.2. The molecule has 1 aromatic heterocycles. The van der Waals surface area contributed by atoms with Gasteiger partial charge < -0.3 is 15.4 Å². The van der Waals surface area contributed by atoms with Gasteiger partial charge in [-0.1, -0.05) is 6.07 Å². The summed E-state index contributed by atoms with van der Waals surface area (Å²) < 4.78 is 32.9. The molecule has 0 aliphatic carbocycles. The molecule has 1 aliphatic heterocycles. The third kappa shape index (κ3) is 5.41. The monoisotopic (exact) mass is 432 g/mol. The zero-order chi connectivity index (χ0) is 21.7. The van der Waals surface area contributed by atoms with Crippen LogP contribution in [0.4, 0.5) is 5.69 Å². The average Bonchev–Trinajstić information content (AvgIpc) is 2.72. The first-order chi connectivity index (χ1) is 14.3. The standard InChI is InChI=1S/C20H24N4O5S/c1-14-12-24(13-15(2)29-14)30(27,28)18-7-3-5-16(9-18)20(26)22-11-19(25)23-17-6-4-8-21-10-17/h3-10,14-15H,11-13H2,1-2H3,(H,22,26)(H,23,25). The van der Waals surface area contributed by atoms with Gasteiger partial charge in [-0.15, -0.1) is 0 Å². The molecule has 0 spiro atoms. The number of carbonyl (C=O) groups excluding carboxylic acids is 2. The Labute approximate surface area is 175 Å². The second-order valence-electron chi connectivity index (χ2n) is 7.08. The summed E-state index contributed by atoms with van der Waals surface area (Å²) in [5.41, 5.74) is 0.665. The van der Waals surface area contributed by atoms with Gasteiger partial charge in [-0.2, -0.15) is 4.31 Å². The van der Waals surface area contributed by atoms with Gasteiger partial charge >= 0.3 is 0 Å². The lowest BCUT2D eigenvalue weighted by molar-refractivity contribution is -0.115. The molecular weight excluding hydrogens is 408 g/mol. The highest BCUT2D eigenvalue weighted by Crippen LogP contribution is 2.22. The molecule has 1 aromatic carbocycles. The molecule has 30 heavy (non-hydrogen) atoms. The van der Waals surface area contributed by atoms with Crippen LogP contribution in [0.3, 0.4) is 0 Å². The SMILES string of the molecule is CC1CN(S(=O)(=O)c2cccc(C(=O)NCC(=O)Nc3cccnc3)c2)CC(C)O1. The number of benzene rings is 1. The predicted octanol–water partition coefficient (Wildman–Crippen LogP) is 1.25. The number of sulfonamides is 1. The van der Waals surface area contributed by atoms with E-state index in [4.69, 9.17) is 4.74 Å². The average molecular weight is 433 g/mol. The summed E-state index contributed by atoms with van der Waals surface area (Å²) in [5, 5.41) is 5.10. The van der Waals surface area contributed by atoms with E-state index in [1.807, 2.05) is 13.8 Å². The summed E-state index contributed by atoms with van der Waals surface area (Å²) in [6, 6.07) is 9.12. The number of morpholine rings is 1. The van der Waals surface area contributed by atoms with Crippen LogP contribution >= 0.6 is 0 Å². The Bertz CT molecular complexity index is 1000. The van der Waals surface area contributed by atoms with Gasteiger partial charge in [-0.3, -0.25) is 14.6 Å². The van der Waals surface area contributed by atoms with Crippen LogP contribution in [0.5, 0.6) is 0 Å². The van der Waals surface area contributed by atoms with Gasteiger partial charge in [0.15, 0.2) is 0 Å². The summed E-state index contributed by atoms with van der Waals surface area (Å²) >= 11 is 0. The van der Waals surface area contributed by atoms with Crippen LogP contribution in [0.25, 0.3) is 0 Å². The predicted molar refractivity (Wildman–Crippen MR) is 110 cm³/mol. The Morgan fingerprint density at radius 2 is 1.90 bits per heavy atom. The fourth-order valence-corrected chi connectivity index (χ4v) is 4.82. The van der Waals surface area contributed by atoms with E-state index in [1.165, 1.54) is 34.8 Å². The molecule has 1 aliphatic rings. The Balaban J connectivity index is 1.65. The van der Waals surface area contributed by atoms with E-state index in [9.17, 15) is 18.0 Å². The molecule has 9 nitrogen and oxygen atoms in total. The number of amides is 2. The van der Waals surface area contributed by atoms with E-state index >= 15 is 0 Å². The van der Waals surface area contributed by atoms with Crippen molar-refractivity contribution in [2.45, 2.75) is 31.0 Å². The van der Waals surface area contributed by atoms with E-state index < -0.39 is 21.8 Å². The third-order valence-electron chi connectivity index (χ3n) is 4.47. The molecule has 2 amide bonds. The van der Waals surface area contributed by atoms with Gasteiger partial charge in [0.1, 0.15) is 0 Å². The van der Waals surface area contributed by atoms with E-state index in [-0.39, 0.29) is 42.3 Å². The van der Waals surface area contributed by atoms with Crippen LogP contribution in [-0.4, -0.2) is 61.4 Å². The van der Waals surface area contributed by atoms with Crippen molar-refractivity contribution in [3.63, 3.8) is 0 Å². The smallest absolute Gasteiger partial charge is 0.251 e. The van der Waals surface area contributed by atoms with Gasteiger partial charge in [0.2, 0.25) is 15.9 Å². The minimum Gasteiger partial charge on any atom is -0.373 e. The number of nitrogens with zero attached hydrogens (tertiary/aromatic N) is 2. The Morgan fingerprint density at radius 3 is 2.57 bits per heavy atom. The summed E-state index contributed by atoms with van der Waals surface area (Å²) in [4.78, 5) is 28.3. The Hall–Kier alpha value is -2.82. The second kappa shape index (κ2) is 9.33. The molecule has 2 unspecified atom stereocenters. The first kappa shape index (κ1) is 21.9. The van der Waals surface area contributed by atoms with Crippen LogP contribution in [0.2, 0.25) is 0 Å². The van der Waals surface area contributed by atoms with E-state index in [0.29, 0.717) is 5.69 Å². The molecule has 0 bridgehead atoms. The number of hydrogen-bond acceptors (Lipinski definition) is 6. The fraction of sp³-hybridized carbons (Fsp3) is 0.350. The molecule has 3 rings (SSSR count). The van der Waals surface area contributed by atoms with Crippen LogP contribution in [-0.2, 0) is 19.6 Å². The first-order valence-electron chi connectivity index (χ1n) is 9.49. The summed E-state index contributed by atoms with van der Waals surface area (Å²) in [7, 11) is -3.77. The first-order valence-corrected chi connectivity index (χ1v) is 10.9. The van der Waals surface area contributed by atoms with Crippen molar-refractivity contribution < 1.29 is 22.7 Å². The number of rotatable bonds is 6. The molecule has 1 fully saturated rings. The van der Waals surface area contributed by atoms with Crippen LogP contribution in [0, 0.1) is 0 Å². The molecule has 10 heteroatoms. The van der Waals surface area contributed by atoms with Crippen molar-refractivity contribution in [1.29, 1.82) is 0 Å². The third-order valence-corrected chi connectivity index (χ3v) is 6.30. The molecule has 0 saturated carbocycles. The van der Waals surface area contributed by atoms with Crippen LogP contribution in [0.1, 0.15) is 24.2 Å². The van der Waals surface area contributed by atoms with Crippen molar-refractivity contribution in [1.82, 2.24) is 14.6 Å². The molecule has 2 heterocycles. The van der Waals surface area contributed by atoms with E-state index in [0.717, 1.165) is 0 Å². The number of carbonyl (C=O) groups is 2. The second-order valence-corrected chi connectivity index (χ2v) is 9.02. The minimum atomic E-state index is -3.77. The van der Waals surface area contributed by atoms with Crippen molar-refractivity contribution in [3.8, 4) is 0 Å². The van der Waals surface area contributed by atoms with Crippen molar-refractivity contribution >= 4 is 27.5 Å². The van der Waals surface area contributed by atoms with Gasteiger partial charge in [-0.05, 0) is 44.2 Å². The molecular formula is C20H24N4O5S. The van der Waals surface area contributed by atoms with E-state index in [2.05, 4.69) is 15.6 Å². The number of nitrogens with one attached hydrogen (secondary N) is 2. The topological polar surface area (TPSA) is 118 Å². The Morgan fingerprint density at radius 1 is 1.17 bits per heavy atom. The molecule has 1 saturated heterocycles. The number of aromatic nitrogens is 1. The molecule has 2 N–H and O–H groups in total. The summed E-state index contributed by atoms with van der Waals surface area (Å²) in [5.74, 6) is -0.964. The maximum absolute atomic E-state index is 13.0. The molecule has 0 radical (unpaired) electrons. The van der Waals surface area contributed by atoms with Gasteiger partial charge in [0.05, 0.1) is 35.5 Å². The van der Waals surface area contributed by atoms with E-state index in [1.54, 1.807) is 18.3 Å². The van der Waals surface area contributed by atoms with Crippen LogP contribution < -0.4 is 10.6 Å². The summed E-state index contributed by atoms with van der Waals surface area (Å²) in [6.07, 6.45) is 2.64. The number of pyridine rings is 1. The zero-order valence-corrected chi connectivity index (χ0v) is 17.6. The fourth-order valence-electron chi connectivity index (χ4n) is 3.18. The highest BCUT2D eigenvalue weighted by Gasteiger charge is 2.32. The zero-order valence-electron chi connectivity index (χ0n) is 16.7. The van der Waals surface area contributed by atoms with Crippen molar-refractivity contribution in [2.24, 2.45) is 0 Å². The lowest BCUT2D eigenvalue weighted by Crippen LogP contribution is -2.48. The van der Waals surface area contributed by atoms with Crippen molar-refractivity contribution in [2.75, 3.05) is 25.0 Å². The lowest BCUT2D eigenvalue weighted by Gasteiger charge is -2.34. The largest absolute Gasteiger partial charge is 0.373 e. The summed E-state index contributed by atoms with van der Waals surface area (Å²) in [6.45, 7) is 3.87. The van der Waals surface area contributed by atoms with Gasteiger partial charge in [0, 0.05) is 24.8 Å². The number of anilines is 1. The maximum Gasteiger partial charge on any atom is 0.251 e. The molecule has 2 aromatic rings. The lowest BCUT2D eigenvalue weighted by atomic mass is 10.2. The van der Waals surface area contributed by atoms with Gasteiger partial charge in [-0.25, -0.2) is 8.42 Å². The number of hydrogen-bond donors (Lipinski definition) is 2. The normalized spacial score (nSPS) is 19.8. The quantitative estimate of drug-likeness (QED) is 0.709. The molecule has 2 atom stereocenters. The van der Waals surface area contributed by atoms with Gasteiger partial charge in [0.25, 0.3) is 5.91 Å². The van der Waals surface area contributed by atoms with Crippen molar-refractivity contribution in [3.05, 3.63) is 54.4 Å².